The van der Waals surface area contributed by atoms with Crippen molar-refractivity contribution in [3.8, 4) is 11.5 Å². The molecule has 0 aliphatic heterocycles. The van der Waals surface area contributed by atoms with Gasteiger partial charge in [-0.05, 0) is 11.6 Å². The van der Waals surface area contributed by atoms with Crippen molar-refractivity contribution in [3.63, 3.8) is 0 Å². The van der Waals surface area contributed by atoms with Crippen molar-refractivity contribution in [2.45, 2.75) is 12.5 Å². The van der Waals surface area contributed by atoms with Crippen LogP contribution in [-0.4, -0.2) is 7.11 Å². The molecule has 2 aromatic rings. The van der Waals surface area contributed by atoms with Crippen LogP contribution in [0.25, 0.3) is 0 Å². The van der Waals surface area contributed by atoms with Crippen LogP contribution in [-0.2, 0) is 12.5 Å². The van der Waals surface area contributed by atoms with Crippen molar-refractivity contribution in [2.75, 3.05) is 7.11 Å². The van der Waals surface area contributed by atoms with Gasteiger partial charge in [-0.15, -0.1) is 11.6 Å². The van der Waals surface area contributed by atoms with Gasteiger partial charge in [-0.1, -0.05) is 36.4 Å². The van der Waals surface area contributed by atoms with Gasteiger partial charge in [-0.3, -0.25) is 0 Å². The van der Waals surface area contributed by atoms with Crippen LogP contribution in [0.15, 0.2) is 48.5 Å². The van der Waals surface area contributed by atoms with Gasteiger partial charge in [0.05, 0.1) is 13.0 Å². The SMILES string of the molecule is COc1ccc(CCl)c(OCc2ccccc2)c1. The fraction of sp³-hybridized carbons (Fsp3) is 0.200. The molecule has 0 spiro atoms. The van der Waals surface area contributed by atoms with E-state index in [2.05, 4.69) is 0 Å². The number of rotatable bonds is 5. The molecule has 0 fully saturated rings. The molecule has 2 aromatic carbocycles. The first-order valence-corrected chi connectivity index (χ1v) is 6.26. The first kappa shape index (κ1) is 12.8. The van der Waals surface area contributed by atoms with Gasteiger partial charge < -0.3 is 9.47 Å². The Balaban J connectivity index is 2.12. The maximum atomic E-state index is 5.89. The lowest BCUT2D eigenvalue weighted by molar-refractivity contribution is 0.301. The molecule has 0 saturated heterocycles. The Morgan fingerprint density at radius 2 is 1.83 bits per heavy atom. The Labute approximate surface area is 112 Å². The quantitative estimate of drug-likeness (QED) is 0.758. The van der Waals surface area contributed by atoms with Crippen LogP contribution in [0.3, 0.4) is 0 Å². The van der Waals surface area contributed by atoms with Gasteiger partial charge in [-0.25, -0.2) is 0 Å². The zero-order chi connectivity index (χ0) is 12.8. The van der Waals surface area contributed by atoms with Gasteiger partial charge in [0.15, 0.2) is 0 Å². The number of benzene rings is 2. The largest absolute Gasteiger partial charge is 0.497 e. The van der Waals surface area contributed by atoms with Gasteiger partial charge in [0.1, 0.15) is 18.1 Å². The predicted octanol–water partition coefficient (Wildman–Crippen LogP) is 4.01. The van der Waals surface area contributed by atoms with Crippen LogP contribution in [0.2, 0.25) is 0 Å². The minimum atomic E-state index is 0.425. The molecule has 0 radical (unpaired) electrons. The van der Waals surface area contributed by atoms with E-state index in [1.54, 1.807) is 7.11 Å². The second-order valence-corrected chi connectivity index (χ2v) is 4.15. The second-order valence-electron chi connectivity index (χ2n) is 3.88. The smallest absolute Gasteiger partial charge is 0.127 e. The fourth-order valence-corrected chi connectivity index (χ4v) is 1.86. The molecule has 3 heteroatoms. The summed E-state index contributed by atoms with van der Waals surface area (Å²) in [6.45, 7) is 0.526. The van der Waals surface area contributed by atoms with Crippen molar-refractivity contribution >= 4 is 11.6 Å². The summed E-state index contributed by atoms with van der Waals surface area (Å²) in [6, 6.07) is 15.7. The highest BCUT2D eigenvalue weighted by atomic mass is 35.5. The number of hydrogen-bond acceptors (Lipinski definition) is 2. The van der Waals surface area contributed by atoms with Crippen molar-refractivity contribution < 1.29 is 9.47 Å². The van der Waals surface area contributed by atoms with Crippen LogP contribution >= 0.6 is 11.6 Å². The molecule has 0 heterocycles. The summed E-state index contributed by atoms with van der Waals surface area (Å²) >= 11 is 5.89. The molecule has 2 nitrogen and oxygen atoms in total. The summed E-state index contributed by atoms with van der Waals surface area (Å²) < 4.78 is 11.0. The van der Waals surface area contributed by atoms with E-state index < -0.39 is 0 Å². The summed E-state index contributed by atoms with van der Waals surface area (Å²) in [4.78, 5) is 0. The van der Waals surface area contributed by atoms with Gasteiger partial charge >= 0.3 is 0 Å². The van der Waals surface area contributed by atoms with Crippen molar-refractivity contribution in [2.24, 2.45) is 0 Å². The summed E-state index contributed by atoms with van der Waals surface area (Å²) in [5, 5.41) is 0. The van der Waals surface area contributed by atoms with Crippen LogP contribution in [0.4, 0.5) is 0 Å². The minimum Gasteiger partial charge on any atom is -0.497 e. The number of alkyl halides is 1. The maximum absolute atomic E-state index is 5.89. The Hall–Kier alpha value is -1.67. The van der Waals surface area contributed by atoms with Crippen molar-refractivity contribution in [1.82, 2.24) is 0 Å². The molecule has 0 amide bonds. The number of halogens is 1. The van der Waals surface area contributed by atoms with E-state index in [-0.39, 0.29) is 0 Å². The third-order valence-corrected chi connectivity index (χ3v) is 2.94. The van der Waals surface area contributed by atoms with Gasteiger partial charge in [0.25, 0.3) is 0 Å². The zero-order valence-electron chi connectivity index (χ0n) is 10.2. The molecule has 18 heavy (non-hydrogen) atoms. The average molecular weight is 263 g/mol. The van der Waals surface area contributed by atoms with E-state index in [4.69, 9.17) is 21.1 Å². The highest BCUT2D eigenvalue weighted by Gasteiger charge is 2.05. The van der Waals surface area contributed by atoms with Crippen LogP contribution in [0, 0.1) is 0 Å². The van der Waals surface area contributed by atoms with Crippen LogP contribution in [0.1, 0.15) is 11.1 Å². The van der Waals surface area contributed by atoms with E-state index in [9.17, 15) is 0 Å². The second kappa shape index (κ2) is 6.31. The molecule has 0 bridgehead atoms. The highest BCUT2D eigenvalue weighted by Crippen LogP contribution is 2.26. The average Bonchev–Trinajstić information content (AvgIpc) is 2.45. The Kier molecular flexibility index (Phi) is 4.48. The third-order valence-electron chi connectivity index (χ3n) is 2.66. The topological polar surface area (TPSA) is 18.5 Å². The van der Waals surface area contributed by atoms with Crippen LogP contribution < -0.4 is 9.47 Å². The molecule has 0 aromatic heterocycles. The van der Waals surface area contributed by atoms with Crippen LogP contribution in [0.5, 0.6) is 11.5 Å². The van der Waals surface area contributed by atoms with Gasteiger partial charge in [-0.2, -0.15) is 0 Å². The molecule has 0 unspecified atom stereocenters. The molecular weight excluding hydrogens is 248 g/mol. The monoisotopic (exact) mass is 262 g/mol. The maximum Gasteiger partial charge on any atom is 0.127 e. The van der Waals surface area contributed by atoms with E-state index >= 15 is 0 Å². The van der Waals surface area contributed by atoms with Gasteiger partial charge in [0, 0.05) is 11.6 Å². The minimum absolute atomic E-state index is 0.425. The summed E-state index contributed by atoms with van der Waals surface area (Å²) in [5.74, 6) is 1.97. The molecule has 0 aliphatic carbocycles. The predicted molar refractivity (Wildman–Crippen MR) is 73.3 cm³/mol. The molecule has 0 saturated carbocycles. The number of methoxy groups -OCH3 is 1. The molecule has 0 atom stereocenters. The van der Waals surface area contributed by atoms with E-state index in [0.717, 1.165) is 22.6 Å². The van der Waals surface area contributed by atoms with Crippen molar-refractivity contribution in [1.29, 1.82) is 0 Å². The first-order valence-electron chi connectivity index (χ1n) is 5.73. The summed E-state index contributed by atoms with van der Waals surface area (Å²) in [7, 11) is 1.64. The fourth-order valence-electron chi connectivity index (χ4n) is 1.64. The molecule has 94 valence electrons. The Bertz CT molecular complexity index is 497. The first-order chi connectivity index (χ1) is 8.83. The standard InChI is InChI=1S/C15H15ClO2/c1-17-14-8-7-13(10-16)15(9-14)18-11-12-5-3-2-4-6-12/h2-9H,10-11H2,1H3. The lowest BCUT2D eigenvalue weighted by Crippen LogP contribution is -1.98. The molecular formula is C15H15ClO2. The van der Waals surface area contributed by atoms with E-state index in [1.165, 1.54) is 0 Å². The molecule has 2 rings (SSSR count). The number of ether oxygens (including phenoxy) is 2. The Morgan fingerprint density at radius 1 is 1.06 bits per heavy atom. The van der Waals surface area contributed by atoms with E-state index in [1.807, 2.05) is 48.5 Å². The lowest BCUT2D eigenvalue weighted by Gasteiger charge is -2.11. The highest BCUT2D eigenvalue weighted by molar-refractivity contribution is 6.17. The number of hydrogen-bond donors (Lipinski definition) is 0. The Morgan fingerprint density at radius 3 is 2.50 bits per heavy atom. The lowest BCUT2D eigenvalue weighted by atomic mass is 10.2. The van der Waals surface area contributed by atoms with Crippen molar-refractivity contribution in [3.05, 3.63) is 59.7 Å². The summed E-state index contributed by atoms with van der Waals surface area (Å²) in [5.41, 5.74) is 2.09. The van der Waals surface area contributed by atoms with Gasteiger partial charge in [0.2, 0.25) is 0 Å². The van der Waals surface area contributed by atoms with E-state index in [0.29, 0.717) is 12.5 Å². The zero-order valence-corrected chi connectivity index (χ0v) is 11.0. The summed E-state index contributed by atoms with van der Waals surface area (Å²) in [6.07, 6.45) is 0. The third kappa shape index (κ3) is 3.17. The molecule has 0 aliphatic rings. The normalized spacial score (nSPS) is 10.1. The molecule has 0 N–H and O–H groups in total.